The van der Waals surface area contributed by atoms with Gasteiger partial charge in [-0.2, -0.15) is 0 Å². The number of thiophene rings is 1. The molecule has 1 aromatic rings. The summed E-state index contributed by atoms with van der Waals surface area (Å²) in [6.07, 6.45) is 0.509. The Hall–Kier alpha value is -1.31. The maximum atomic E-state index is 11.1. The summed E-state index contributed by atoms with van der Waals surface area (Å²) >= 11 is 1.59. The first kappa shape index (κ1) is 11.8. The Morgan fingerprint density at radius 2 is 2.47 bits per heavy atom. The molecule has 0 aliphatic carbocycles. The number of carbonyl (C=O) groups is 1. The highest BCUT2D eigenvalue weighted by atomic mass is 32.1. The molecule has 0 aliphatic rings. The Balaban J connectivity index is 2.61. The highest BCUT2D eigenvalue weighted by molar-refractivity contribution is 7.10. The molecule has 0 bridgehead atoms. The number of hydrogen-bond donors (Lipinski definition) is 2. The lowest BCUT2D eigenvalue weighted by atomic mass is 10.2. The Kier molecular flexibility index (Phi) is 4.88. The summed E-state index contributed by atoms with van der Waals surface area (Å²) in [6.45, 7) is 2.74. The number of nitrogens with one attached hydrogen (secondary N) is 1. The van der Waals surface area contributed by atoms with E-state index in [1.165, 1.54) is 0 Å². The van der Waals surface area contributed by atoms with Gasteiger partial charge in [0.25, 0.3) is 0 Å². The predicted octanol–water partition coefficient (Wildman–Crippen LogP) is 1.08. The molecule has 15 heavy (non-hydrogen) atoms. The molecule has 0 spiro atoms. The molecular weight excluding hydrogens is 208 g/mol. The highest BCUT2D eigenvalue weighted by Crippen LogP contribution is 2.15. The summed E-state index contributed by atoms with van der Waals surface area (Å²) in [7, 11) is 0. The average Bonchev–Trinajstić information content (AvgIpc) is 2.70. The van der Waals surface area contributed by atoms with E-state index in [1.807, 2.05) is 18.4 Å². The van der Waals surface area contributed by atoms with E-state index in [0.717, 1.165) is 10.4 Å². The third kappa shape index (κ3) is 3.74. The van der Waals surface area contributed by atoms with Crippen LogP contribution in [0.25, 0.3) is 0 Å². The van der Waals surface area contributed by atoms with Gasteiger partial charge in [0.1, 0.15) is 0 Å². The molecule has 1 rings (SSSR count). The van der Waals surface area contributed by atoms with E-state index in [-0.39, 0.29) is 5.91 Å². The maximum absolute atomic E-state index is 11.1. The molecule has 0 saturated carbocycles. The van der Waals surface area contributed by atoms with Gasteiger partial charge in [-0.1, -0.05) is 18.8 Å². The number of hydrogen-bond acceptors (Lipinski definition) is 3. The van der Waals surface area contributed by atoms with Gasteiger partial charge in [-0.3, -0.25) is 4.79 Å². The van der Waals surface area contributed by atoms with Gasteiger partial charge in [0.05, 0.1) is 13.1 Å². The van der Waals surface area contributed by atoms with Gasteiger partial charge in [0.2, 0.25) is 5.91 Å². The van der Waals surface area contributed by atoms with Crippen molar-refractivity contribution in [3.63, 3.8) is 0 Å². The van der Waals surface area contributed by atoms with Crippen LogP contribution in [0.5, 0.6) is 0 Å². The monoisotopic (exact) mass is 222 g/mol. The zero-order valence-electron chi connectivity index (χ0n) is 8.67. The minimum absolute atomic E-state index is 0.0566. The highest BCUT2D eigenvalue weighted by Gasteiger charge is 2.03. The van der Waals surface area contributed by atoms with Crippen molar-refractivity contribution in [3.8, 4) is 11.8 Å². The third-order valence-electron chi connectivity index (χ3n) is 1.84. The van der Waals surface area contributed by atoms with Gasteiger partial charge in [0, 0.05) is 16.9 Å². The number of nitrogens with two attached hydrogens (primary N) is 1. The first-order chi connectivity index (χ1) is 7.27. The van der Waals surface area contributed by atoms with Gasteiger partial charge in [-0.15, -0.1) is 11.3 Å². The van der Waals surface area contributed by atoms with Crippen LogP contribution in [-0.4, -0.2) is 12.5 Å². The first-order valence-corrected chi connectivity index (χ1v) is 5.68. The van der Waals surface area contributed by atoms with Crippen molar-refractivity contribution in [3.05, 3.63) is 21.9 Å². The molecule has 0 radical (unpaired) electrons. The standard InChI is InChI=1S/C11H14N2OS/c1-2-11(14)13-8-10-9(4-3-6-12)5-7-15-10/h5,7H,2,6,8,12H2,1H3,(H,13,14). The molecule has 4 heteroatoms. The summed E-state index contributed by atoms with van der Waals surface area (Å²) in [6, 6.07) is 1.95. The fraction of sp³-hybridized carbons (Fsp3) is 0.364. The fourth-order valence-corrected chi connectivity index (χ4v) is 1.81. The molecule has 3 nitrogen and oxygen atoms in total. The van der Waals surface area contributed by atoms with E-state index < -0.39 is 0 Å². The zero-order valence-corrected chi connectivity index (χ0v) is 9.49. The van der Waals surface area contributed by atoms with Crippen LogP contribution >= 0.6 is 11.3 Å². The number of rotatable bonds is 3. The van der Waals surface area contributed by atoms with Crippen LogP contribution < -0.4 is 11.1 Å². The molecule has 0 aliphatic heterocycles. The van der Waals surface area contributed by atoms with Crippen molar-refractivity contribution in [1.29, 1.82) is 0 Å². The van der Waals surface area contributed by atoms with Crippen LogP contribution in [0.15, 0.2) is 11.4 Å². The summed E-state index contributed by atoms with van der Waals surface area (Å²) in [5.74, 6) is 5.84. The summed E-state index contributed by atoms with van der Waals surface area (Å²) in [5.41, 5.74) is 6.26. The lowest BCUT2D eigenvalue weighted by molar-refractivity contribution is -0.120. The van der Waals surface area contributed by atoms with Crippen molar-refractivity contribution in [2.45, 2.75) is 19.9 Å². The van der Waals surface area contributed by atoms with Crippen molar-refractivity contribution in [1.82, 2.24) is 5.32 Å². The van der Waals surface area contributed by atoms with E-state index in [0.29, 0.717) is 19.5 Å². The average molecular weight is 222 g/mol. The normalized spacial score (nSPS) is 9.20. The van der Waals surface area contributed by atoms with Crippen LogP contribution in [0.1, 0.15) is 23.8 Å². The van der Waals surface area contributed by atoms with Crippen molar-refractivity contribution in [2.24, 2.45) is 5.73 Å². The molecule has 1 heterocycles. The van der Waals surface area contributed by atoms with E-state index in [1.54, 1.807) is 11.3 Å². The molecule has 0 fully saturated rings. The third-order valence-corrected chi connectivity index (χ3v) is 2.76. The summed E-state index contributed by atoms with van der Waals surface area (Å²) < 4.78 is 0. The largest absolute Gasteiger partial charge is 0.351 e. The Morgan fingerprint density at radius 3 is 3.13 bits per heavy atom. The summed E-state index contributed by atoms with van der Waals surface area (Å²) in [5, 5.41) is 4.79. The second kappa shape index (κ2) is 6.23. The van der Waals surface area contributed by atoms with E-state index in [9.17, 15) is 4.79 Å². The zero-order chi connectivity index (χ0) is 11.1. The van der Waals surface area contributed by atoms with E-state index in [2.05, 4.69) is 17.2 Å². The molecule has 1 aromatic heterocycles. The minimum Gasteiger partial charge on any atom is -0.351 e. The predicted molar refractivity (Wildman–Crippen MR) is 62.4 cm³/mol. The minimum atomic E-state index is 0.0566. The lowest BCUT2D eigenvalue weighted by Gasteiger charge is -2.01. The van der Waals surface area contributed by atoms with Crippen LogP contribution in [0, 0.1) is 11.8 Å². The molecule has 0 saturated heterocycles. The van der Waals surface area contributed by atoms with Crippen molar-refractivity contribution < 1.29 is 4.79 Å². The smallest absolute Gasteiger partial charge is 0.220 e. The Bertz CT molecular complexity index is 387. The fourth-order valence-electron chi connectivity index (χ4n) is 1.04. The molecule has 1 amide bonds. The molecule has 3 N–H and O–H groups in total. The lowest BCUT2D eigenvalue weighted by Crippen LogP contribution is -2.21. The van der Waals surface area contributed by atoms with Gasteiger partial charge >= 0.3 is 0 Å². The van der Waals surface area contributed by atoms with Gasteiger partial charge < -0.3 is 11.1 Å². The van der Waals surface area contributed by atoms with Crippen LogP contribution in [0.2, 0.25) is 0 Å². The SMILES string of the molecule is CCC(=O)NCc1sccc1C#CCN. The number of carbonyl (C=O) groups excluding carboxylic acids is 1. The second-order valence-electron chi connectivity index (χ2n) is 2.89. The van der Waals surface area contributed by atoms with E-state index >= 15 is 0 Å². The van der Waals surface area contributed by atoms with Crippen LogP contribution in [0.4, 0.5) is 0 Å². The second-order valence-corrected chi connectivity index (χ2v) is 3.89. The molecule has 80 valence electrons. The van der Waals surface area contributed by atoms with Gasteiger partial charge in [0.15, 0.2) is 0 Å². The number of amides is 1. The van der Waals surface area contributed by atoms with E-state index in [4.69, 9.17) is 5.73 Å². The maximum Gasteiger partial charge on any atom is 0.220 e. The molecular formula is C11H14N2OS. The molecule has 0 aromatic carbocycles. The molecule has 0 atom stereocenters. The van der Waals surface area contributed by atoms with Crippen LogP contribution in [0.3, 0.4) is 0 Å². The topological polar surface area (TPSA) is 55.1 Å². The van der Waals surface area contributed by atoms with Gasteiger partial charge in [-0.05, 0) is 11.4 Å². The Morgan fingerprint density at radius 1 is 1.67 bits per heavy atom. The first-order valence-electron chi connectivity index (χ1n) is 4.80. The van der Waals surface area contributed by atoms with Crippen molar-refractivity contribution >= 4 is 17.2 Å². The van der Waals surface area contributed by atoms with Crippen LogP contribution in [-0.2, 0) is 11.3 Å². The van der Waals surface area contributed by atoms with Crippen molar-refractivity contribution in [2.75, 3.05) is 6.54 Å². The molecule has 0 unspecified atom stereocenters. The Labute approximate surface area is 93.7 Å². The quantitative estimate of drug-likeness (QED) is 0.752. The summed E-state index contributed by atoms with van der Waals surface area (Å²) in [4.78, 5) is 12.2. The van der Waals surface area contributed by atoms with Gasteiger partial charge in [-0.25, -0.2) is 0 Å².